The lowest BCUT2D eigenvalue weighted by atomic mass is 9.77. The van der Waals surface area contributed by atoms with Crippen LogP contribution in [-0.2, 0) is 5.60 Å². The number of ether oxygens (including phenoxy) is 2. The maximum absolute atomic E-state index is 10.5. The Morgan fingerprint density at radius 3 is 2.17 bits per heavy atom. The summed E-state index contributed by atoms with van der Waals surface area (Å²) in [7, 11) is 0. The Morgan fingerprint density at radius 2 is 1.53 bits per heavy atom. The zero-order valence-electron chi connectivity index (χ0n) is 18.7. The van der Waals surface area contributed by atoms with Gasteiger partial charge in [-0.05, 0) is 75.2 Å². The number of hydrogen-bond donors (Lipinski definition) is 2. The van der Waals surface area contributed by atoms with Crippen molar-refractivity contribution in [3.05, 3.63) is 46.5 Å². The van der Waals surface area contributed by atoms with Gasteiger partial charge in [0.05, 0.1) is 0 Å². The summed E-state index contributed by atoms with van der Waals surface area (Å²) in [5, 5.41) is 20.8. The summed E-state index contributed by atoms with van der Waals surface area (Å²) in [5.41, 5.74) is 2.75. The number of fused-ring (bicyclic) bond motifs is 4. The molecule has 0 bridgehead atoms. The fourth-order valence-electron chi connectivity index (χ4n) is 5.03. The van der Waals surface area contributed by atoms with E-state index in [2.05, 4.69) is 25.7 Å². The maximum atomic E-state index is 10.5. The van der Waals surface area contributed by atoms with Crippen LogP contribution >= 0.6 is 0 Å². The summed E-state index contributed by atoms with van der Waals surface area (Å²) >= 11 is 0. The molecule has 0 spiro atoms. The quantitative estimate of drug-likeness (QED) is 0.701. The van der Waals surface area contributed by atoms with E-state index in [0.29, 0.717) is 6.54 Å². The normalized spacial score (nSPS) is 24.1. The van der Waals surface area contributed by atoms with E-state index in [1.54, 1.807) is 0 Å². The predicted octanol–water partition coefficient (Wildman–Crippen LogP) is 4.99. The summed E-state index contributed by atoms with van der Waals surface area (Å²) < 4.78 is 13.3. The minimum absolute atomic E-state index is 0.0280. The fourth-order valence-corrected chi connectivity index (χ4v) is 5.03. The smallest absolute Gasteiger partial charge is 0.187 e. The molecule has 0 aromatic heterocycles. The van der Waals surface area contributed by atoms with Gasteiger partial charge in [-0.1, -0.05) is 20.8 Å². The Hall–Kier alpha value is -2.40. The van der Waals surface area contributed by atoms with Crippen molar-refractivity contribution in [2.24, 2.45) is 0 Å². The monoisotopic (exact) mass is 411 g/mol. The Bertz CT molecular complexity index is 951. The molecule has 2 aromatic rings. The molecule has 0 saturated carbocycles. The second-order valence-corrected chi connectivity index (χ2v) is 8.91. The topological polar surface area (TPSA) is 62.2 Å². The Kier molecular flexibility index (Phi) is 5.35. The van der Waals surface area contributed by atoms with Crippen LogP contribution in [0, 0.1) is 13.8 Å². The summed E-state index contributed by atoms with van der Waals surface area (Å²) in [6, 6.07) is 7.48. The van der Waals surface area contributed by atoms with Crippen LogP contribution in [0.3, 0.4) is 0 Å². The summed E-state index contributed by atoms with van der Waals surface area (Å²) in [6.45, 7) is 12.9. The third-order valence-electron chi connectivity index (χ3n) is 6.57. The van der Waals surface area contributed by atoms with Gasteiger partial charge in [0.1, 0.15) is 23.0 Å². The molecule has 5 heteroatoms. The van der Waals surface area contributed by atoms with Gasteiger partial charge in [0.25, 0.3) is 0 Å². The van der Waals surface area contributed by atoms with Gasteiger partial charge < -0.3 is 19.7 Å². The largest absolute Gasteiger partial charge is 0.508 e. The van der Waals surface area contributed by atoms with Crippen LogP contribution in [0.1, 0.15) is 61.8 Å². The number of phenols is 2. The van der Waals surface area contributed by atoms with Gasteiger partial charge >= 0.3 is 0 Å². The van der Waals surface area contributed by atoms with Gasteiger partial charge in [-0.15, -0.1) is 0 Å². The SMILES string of the molecule is CCCN(CCC)C[C@]12Oc3cc(C)c(O)cc3[C@@H](C)[C@H]1Oc1cc(C)c(O)cc12. The van der Waals surface area contributed by atoms with Crippen LogP contribution < -0.4 is 9.47 Å². The van der Waals surface area contributed by atoms with Crippen molar-refractivity contribution in [1.29, 1.82) is 0 Å². The van der Waals surface area contributed by atoms with E-state index in [1.807, 2.05) is 38.1 Å². The molecule has 0 fully saturated rings. The van der Waals surface area contributed by atoms with E-state index < -0.39 is 5.60 Å². The van der Waals surface area contributed by atoms with E-state index in [9.17, 15) is 10.2 Å². The fraction of sp³-hybridized carbons (Fsp3) is 0.520. The zero-order chi connectivity index (χ0) is 21.6. The number of aromatic hydroxyl groups is 2. The van der Waals surface area contributed by atoms with Gasteiger partial charge in [0.2, 0.25) is 0 Å². The Morgan fingerprint density at radius 1 is 0.933 bits per heavy atom. The first kappa shape index (κ1) is 20.9. The Balaban J connectivity index is 1.88. The maximum Gasteiger partial charge on any atom is 0.187 e. The predicted molar refractivity (Wildman–Crippen MR) is 118 cm³/mol. The molecule has 5 nitrogen and oxygen atoms in total. The Labute approximate surface area is 179 Å². The zero-order valence-corrected chi connectivity index (χ0v) is 18.7. The van der Waals surface area contributed by atoms with E-state index in [0.717, 1.165) is 59.7 Å². The number of aryl methyl sites for hydroxylation is 2. The average molecular weight is 412 g/mol. The van der Waals surface area contributed by atoms with Gasteiger partial charge in [-0.2, -0.15) is 0 Å². The lowest BCUT2D eigenvalue weighted by Gasteiger charge is -2.45. The number of nitrogens with zero attached hydrogens (tertiary/aromatic N) is 1. The van der Waals surface area contributed by atoms with Crippen LogP contribution in [0.2, 0.25) is 0 Å². The number of phenolic OH excluding ortho intramolecular Hbond substituents is 2. The first-order chi connectivity index (χ1) is 14.3. The standard InChI is InChI=1S/C25H33NO4/c1-6-8-26(9-7-2)14-25-19-13-21(28)16(4)11-23(19)29-24(25)17(5)18-12-20(27)15(3)10-22(18)30-25/h10-13,17,24,27-28H,6-9,14H2,1-5H3/t17-,24-,25-/m1/s1. The van der Waals surface area contributed by atoms with Crippen LogP contribution in [0.25, 0.3) is 0 Å². The molecule has 0 aliphatic carbocycles. The molecular formula is C25H33NO4. The van der Waals surface area contributed by atoms with Crippen molar-refractivity contribution in [2.45, 2.75) is 65.1 Å². The molecule has 0 saturated heterocycles. The molecule has 30 heavy (non-hydrogen) atoms. The minimum Gasteiger partial charge on any atom is -0.508 e. The molecule has 0 unspecified atom stereocenters. The van der Waals surface area contributed by atoms with Crippen LogP contribution in [0.4, 0.5) is 0 Å². The first-order valence-corrected chi connectivity index (χ1v) is 11.1. The third-order valence-corrected chi connectivity index (χ3v) is 6.57. The van der Waals surface area contributed by atoms with Crippen molar-refractivity contribution in [3.63, 3.8) is 0 Å². The number of rotatable bonds is 6. The molecule has 2 N–H and O–H groups in total. The summed E-state index contributed by atoms with van der Waals surface area (Å²) in [6.07, 6.45) is 1.89. The second kappa shape index (κ2) is 7.69. The van der Waals surface area contributed by atoms with Crippen molar-refractivity contribution in [2.75, 3.05) is 19.6 Å². The van der Waals surface area contributed by atoms with Crippen LogP contribution in [0.15, 0.2) is 24.3 Å². The van der Waals surface area contributed by atoms with Gasteiger partial charge in [-0.3, -0.25) is 4.90 Å². The van der Waals surface area contributed by atoms with Gasteiger partial charge in [0, 0.05) is 23.6 Å². The molecule has 2 heterocycles. The molecule has 0 amide bonds. The molecule has 0 radical (unpaired) electrons. The van der Waals surface area contributed by atoms with Crippen LogP contribution in [0.5, 0.6) is 23.0 Å². The molecule has 162 valence electrons. The lowest BCUT2D eigenvalue weighted by molar-refractivity contribution is -0.0651. The van der Waals surface area contributed by atoms with Gasteiger partial charge in [-0.25, -0.2) is 0 Å². The lowest BCUT2D eigenvalue weighted by Crippen LogP contribution is -2.56. The minimum atomic E-state index is -0.708. The second-order valence-electron chi connectivity index (χ2n) is 8.91. The highest BCUT2D eigenvalue weighted by atomic mass is 16.6. The van der Waals surface area contributed by atoms with Crippen molar-refractivity contribution >= 4 is 0 Å². The molecule has 4 rings (SSSR count). The summed E-state index contributed by atoms with van der Waals surface area (Å²) in [4.78, 5) is 2.44. The van der Waals surface area contributed by atoms with E-state index in [-0.39, 0.29) is 23.5 Å². The highest BCUT2D eigenvalue weighted by molar-refractivity contribution is 5.57. The third kappa shape index (κ3) is 3.20. The van der Waals surface area contributed by atoms with Gasteiger partial charge in [0.15, 0.2) is 11.7 Å². The highest BCUT2D eigenvalue weighted by Crippen LogP contribution is 2.55. The molecule has 2 aromatic carbocycles. The number of benzene rings is 2. The van der Waals surface area contributed by atoms with Crippen molar-refractivity contribution < 1.29 is 19.7 Å². The molecule has 3 atom stereocenters. The number of hydrogen-bond acceptors (Lipinski definition) is 5. The van der Waals surface area contributed by atoms with Crippen LogP contribution in [-0.4, -0.2) is 40.9 Å². The highest BCUT2D eigenvalue weighted by Gasteiger charge is 2.58. The summed E-state index contributed by atoms with van der Waals surface area (Å²) in [5.74, 6) is 2.14. The molecule has 2 aliphatic heterocycles. The van der Waals surface area contributed by atoms with Crippen molar-refractivity contribution in [3.8, 4) is 23.0 Å². The molecular weight excluding hydrogens is 378 g/mol. The van der Waals surface area contributed by atoms with E-state index >= 15 is 0 Å². The van der Waals surface area contributed by atoms with Crippen molar-refractivity contribution in [1.82, 2.24) is 4.90 Å². The van der Waals surface area contributed by atoms with E-state index in [1.165, 1.54) is 0 Å². The first-order valence-electron chi connectivity index (χ1n) is 11.1. The molecule has 2 aliphatic rings. The van der Waals surface area contributed by atoms with E-state index in [4.69, 9.17) is 9.47 Å². The average Bonchev–Trinajstić information content (AvgIpc) is 2.98.